The van der Waals surface area contributed by atoms with Gasteiger partial charge in [0.25, 0.3) is 0 Å². The summed E-state index contributed by atoms with van der Waals surface area (Å²) in [5, 5.41) is 8.85. The zero-order chi connectivity index (χ0) is 10.4. The molecular weight excluding hydrogens is 178 g/mol. The molecule has 0 unspecified atom stereocenters. The summed E-state index contributed by atoms with van der Waals surface area (Å²) >= 11 is 0. The van der Waals surface area contributed by atoms with Gasteiger partial charge < -0.3 is 10.8 Å². The number of carbonyl (C=O) groups excluding carboxylic acids is 1. The standard InChI is InChI=1S/C11H11NO2/c12-11(14)6-2-4-9-3-1-5-10(7-9)8-13/h1,3,5,7,13H,6,8H2,(H2,12,14). The summed E-state index contributed by atoms with van der Waals surface area (Å²) < 4.78 is 0. The van der Waals surface area contributed by atoms with Crippen molar-refractivity contribution in [1.82, 2.24) is 0 Å². The molecule has 3 nitrogen and oxygen atoms in total. The molecule has 0 aromatic heterocycles. The Hall–Kier alpha value is -1.79. The van der Waals surface area contributed by atoms with Crippen LogP contribution in [0.15, 0.2) is 24.3 Å². The van der Waals surface area contributed by atoms with Gasteiger partial charge in [0.1, 0.15) is 0 Å². The lowest BCUT2D eigenvalue weighted by molar-refractivity contribution is -0.117. The zero-order valence-electron chi connectivity index (χ0n) is 7.66. The molecule has 0 spiro atoms. The highest BCUT2D eigenvalue weighted by molar-refractivity contribution is 5.76. The van der Waals surface area contributed by atoms with Gasteiger partial charge in [0, 0.05) is 5.56 Å². The molecule has 0 atom stereocenters. The third-order valence-corrected chi connectivity index (χ3v) is 1.60. The van der Waals surface area contributed by atoms with E-state index in [1.807, 2.05) is 6.07 Å². The van der Waals surface area contributed by atoms with Crippen molar-refractivity contribution in [2.75, 3.05) is 0 Å². The van der Waals surface area contributed by atoms with Gasteiger partial charge in [-0.15, -0.1) is 0 Å². The van der Waals surface area contributed by atoms with Crippen LogP contribution < -0.4 is 5.73 Å². The van der Waals surface area contributed by atoms with Crippen LogP contribution in [0.25, 0.3) is 0 Å². The molecule has 0 bridgehead atoms. The number of aliphatic hydroxyl groups is 1. The molecule has 3 heteroatoms. The number of benzene rings is 1. The molecule has 0 aliphatic rings. The third kappa shape index (κ3) is 3.30. The van der Waals surface area contributed by atoms with Gasteiger partial charge in [0.15, 0.2) is 0 Å². The molecule has 0 fully saturated rings. The van der Waals surface area contributed by atoms with Crippen LogP contribution in [0.4, 0.5) is 0 Å². The van der Waals surface area contributed by atoms with E-state index in [0.29, 0.717) is 0 Å². The topological polar surface area (TPSA) is 63.3 Å². The smallest absolute Gasteiger partial charge is 0.229 e. The Labute approximate surface area is 82.6 Å². The molecule has 0 aliphatic heterocycles. The molecule has 3 N–H and O–H groups in total. The Bertz CT molecular complexity index is 388. The maximum absolute atomic E-state index is 10.4. The van der Waals surface area contributed by atoms with E-state index in [1.54, 1.807) is 18.2 Å². The number of rotatable bonds is 2. The van der Waals surface area contributed by atoms with Crippen LogP contribution in [0, 0.1) is 11.8 Å². The normalized spacial score (nSPS) is 8.93. The Kier molecular flexibility index (Phi) is 3.71. The maximum Gasteiger partial charge on any atom is 0.229 e. The minimum atomic E-state index is -0.434. The molecule has 0 saturated heterocycles. The Morgan fingerprint density at radius 1 is 1.50 bits per heavy atom. The number of amides is 1. The molecule has 72 valence electrons. The van der Waals surface area contributed by atoms with Gasteiger partial charge in [-0.3, -0.25) is 4.79 Å². The van der Waals surface area contributed by atoms with Crippen LogP contribution >= 0.6 is 0 Å². The van der Waals surface area contributed by atoms with E-state index in [4.69, 9.17) is 10.8 Å². The quantitative estimate of drug-likeness (QED) is 0.662. The van der Waals surface area contributed by atoms with Crippen molar-refractivity contribution in [3.63, 3.8) is 0 Å². The molecule has 1 rings (SSSR count). The molecular formula is C11H11NO2. The summed E-state index contributed by atoms with van der Waals surface area (Å²) in [5.74, 6) is 5.00. The van der Waals surface area contributed by atoms with E-state index in [1.165, 1.54) is 0 Å². The van der Waals surface area contributed by atoms with E-state index in [9.17, 15) is 4.79 Å². The van der Waals surface area contributed by atoms with Gasteiger partial charge >= 0.3 is 0 Å². The Morgan fingerprint density at radius 3 is 2.93 bits per heavy atom. The lowest BCUT2D eigenvalue weighted by atomic mass is 10.1. The molecule has 14 heavy (non-hydrogen) atoms. The number of nitrogens with two attached hydrogens (primary N) is 1. The second kappa shape index (κ2) is 5.05. The summed E-state index contributed by atoms with van der Waals surface area (Å²) in [4.78, 5) is 10.4. The lowest BCUT2D eigenvalue weighted by Crippen LogP contribution is -2.08. The first kappa shape index (κ1) is 10.3. The van der Waals surface area contributed by atoms with Crippen molar-refractivity contribution in [2.24, 2.45) is 5.73 Å². The number of hydrogen-bond donors (Lipinski definition) is 2. The molecule has 1 aromatic rings. The fraction of sp³-hybridized carbons (Fsp3) is 0.182. The van der Waals surface area contributed by atoms with Crippen molar-refractivity contribution in [2.45, 2.75) is 13.0 Å². The predicted octanol–water partition coefficient (Wildman–Crippen LogP) is 0.406. The van der Waals surface area contributed by atoms with Crippen molar-refractivity contribution in [1.29, 1.82) is 0 Å². The second-order valence-electron chi connectivity index (χ2n) is 2.80. The predicted molar refractivity (Wildman–Crippen MR) is 53.1 cm³/mol. The molecule has 0 heterocycles. The second-order valence-corrected chi connectivity index (χ2v) is 2.80. The van der Waals surface area contributed by atoms with Gasteiger partial charge in [-0.05, 0) is 17.7 Å². The number of hydrogen-bond acceptors (Lipinski definition) is 2. The monoisotopic (exact) mass is 189 g/mol. The van der Waals surface area contributed by atoms with Crippen LogP contribution in [-0.4, -0.2) is 11.0 Å². The van der Waals surface area contributed by atoms with Gasteiger partial charge in [-0.2, -0.15) is 0 Å². The van der Waals surface area contributed by atoms with Gasteiger partial charge in [0.2, 0.25) is 5.91 Å². The highest BCUT2D eigenvalue weighted by atomic mass is 16.3. The van der Waals surface area contributed by atoms with Gasteiger partial charge in [-0.1, -0.05) is 24.0 Å². The van der Waals surface area contributed by atoms with Crippen molar-refractivity contribution in [3.05, 3.63) is 35.4 Å². The largest absolute Gasteiger partial charge is 0.392 e. The third-order valence-electron chi connectivity index (χ3n) is 1.60. The van der Waals surface area contributed by atoms with E-state index in [-0.39, 0.29) is 13.0 Å². The zero-order valence-corrected chi connectivity index (χ0v) is 7.66. The van der Waals surface area contributed by atoms with Crippen LogP contribution in [-0.2, 0) is 11.4 Å². The summed E-state index contributed by atoms with van der Waals surface area (Å²) in [5.41, 5.74) is 6.51. The van der Waals surface area contributed by atoms with E-state index in [2.05, 4.69) is 11.8 Å². The Morgan fingerprint density at radius 2 is 2.29 bits per heavy atom. The average molecular weight is 189 g/mol. The van der Waals surface area contributed by atoms with Crippen LogP contribution in [0.1, 0.15) is 17.5 Å². The van der Waals surface area contributed by atoms with E-state index < -0.39 is 5.91 Å². The fourth-order valence-corrected chi connectivity index (χ4v) is 0.981. The molecule has 0 radical (unpaired) electrons. The summed E-state index contributed by atoms with van der Waals surface area (Å²) in [6.07, 6.45) is 0.0589. The van der Waals surface area contributed by atoms with Crippen molar-refractivity contribution in [3.8, 4) is 11.8 Å². The highest BCUT2D eigenvalue weighted by Crippen LogP contribution is 2.03. The summed E-state index contributed by atoms with van der Waals surface area (Å²) in [6.45, 7) is -0.00859. The number of carbonyl (C=O) groups is 1. The summed E-state index contributed by atoms with van der Waals surface area (Å²) in [7, 11) is 0. The molecule has 1 amide bonds. The first-order valence-electron chi connectivity index (χ1n) is 4.19. The van der Waals surface area contributed by atoms with Gasteiger partial charge in [-0.25, -0.2) is 0 Å². The molecule has 0 aliphatic carbocycles. The number of aliphatic hydroxyl groups excluding tert-OH is 1. The maximum atomic E-state index is 10.4. The fourth-order valence-electron chi connectivity index (χ4n) is 0.981. The SMILES string of the molecule is NC(=O)CC#Cc1cccc(CO)c1. The minimum absolute atomic E-state index is 0.00859. The Balaban J connectivity index is 2.74. The van der Waals surface area contributed by atoms with Crippen LogP contribution in [0.5, 0.6) is 0 Å². The van der Waals surface area contributed by atoms with E-state index >= 15 is 0 Å². The van der Waals surface area contributed by atoms with E-state index in [0.717, 1.165) is 11.1 Å². The van der Waals surface area contributed by atoms with Crippen molar-refractivity contribution >= 4 is 5.91 Å². The highest BCUT2D eigenvalue weighted by Gasteiger charge is 1.91. The van der Waals surface area contributed by atoms with Crippen molar-refractivity contribution < 1.29 is 9.90 Å². The minimum Gasteiger partial charge on any atom is -0.392 e. The average Bonchev–Trinajstić information content (AvgIpc) is 2.18. The molecule has 0 saturated carbocycles. The first-order valence-corrected chi connectivity index (χ1v) is 4.19. The lowest BCUT2D eigenvalue weighted by Gasteiger charge is -1.95. The van der Waals surface area contributed by atoms with Crippen LogP contribution in [0.2, 0.25) is 0 Å². The number of primary amides is 1. The molecule has 1 aromatic carbocycles. The van der Waals surface area contributed by atoms with Crippen LogP contribution in [0.3, 0.4) is 0 Å². The summed E-state index contributed by atoms with van der Waals surface area (Å²) in [6, 6.07) is 7.19. The van der Waals surface area contributed by atoms with Gasteiger partial charge in [0.05, 0.1) is 13.0 Å². The first-order chi connectivity index (χ1) is 6.72.